The Morgan fingerprint density at radius 3 is 2.43 bits per heavy atom. The van der Waals surface area contributed by atoms with Crippen molar-refractivity contribution >= 4 is 11.5 Å². The Balaban J connectivity index is 2.38. The van der Waals surface area contributed by atoms with Gasteiger partial charge in [-0.25, -0.2) is 0 Å². The average molecular weight is 327 g/mol. The first kappa shape index (κ1) is 16.0. The van der Waals surface area contributed by atoms with E-state index in [1.807, 2.05) is 0 Å². The van der Waals surface area contributed by atoms with Crippen molar-refractivity contribution in [3.63, 3.8) is 0 Å². The number of nitro benzene ring substituents is 1. The van der Waals surface area contributed by atoms with Gasteiger partial charge in [0.05, 0.1) is 4.92 Å². The first-order valence-electron chi connectivity index (χ1n) is 5.89. The Morgan fingerprint density at radius 1 is 1.09 bits per heavy atom. The molecule has 11 heteroatoms. The summed E-state index contributed by atoms with van der Waals surface area (Å²) >= 11 is 0. The van der Waals surface area contributed by atoms with Gasteiger partial charge in [-0.05, 0) is 28.1 Å². The van der Waals surface area contributed by atoms with Crippen molar-refractivity contribution in [3.05, 3.63) is 56.8 Å². The van der Waals surface area contributed by atoms with E-state index in [0.717, 1.165) is 18.2 Å². The minimum absolute atomic E-state index is 0.164. The molecule has 120 valence electrons. The molecular weight excluding hydrogens is 320 g/mol. The zero-order valence-corrected chi connectivity index (χ0v) is 11.1. The van der Waals surface area contributed by atoms with Gasteiger partial charge < -0.3 is 19.6 Å². The zero-order valence-electron chi connectivity index (χ0n) is 11.1. The van der Waals surface area contributed by atoms with Gasteiger partial charge in [0.1, 0.15) is 11.9 Å². The summed E-state index contributed by atoms with van der Waals surface area (Å²) < 4.78 is 33.8. The van der Waals surface area contributed by atoms with Gasteiger partial charge >= 0.3 is 18.1 Å². The molecule has 0 radical (unpaired) electrons. The van der Waals surface area contributed by atoms with E-state index in [2.05, 4.69) is 9.72 Å². The van der Waals surface area contributed by atoms with E-state index in [9.17, 15) is 29.0 Å². The summed E-state index contributed by atoms with van der Waals surface area (Å²) in [6, 6.07) is 5.41. The molecule has 0 fully saturated rings. The monoisotopic (exact) mass is 327 g/mol. The average Bonchev–Trinajstić information content (AvgIpc) is 2.46. The van der Waals surface area contributed by atoms with Crippen LogP contribution in [-0.4, -0.2) is 21.4 Å². The number of aromatic nitrogens is 1. The molecule has 0 aliphatic rings. The molecule has 1 heterocycles. The molecule has 1 aromatic heterocycles. The minimum Gasteiger partial charge on any atom is -0.448 e. The molecule has 0 saturated carbocycles. The predicted molar refractivity (Wildman–Crippen MR) is 70.7 cm³/mol. The summed E-state index contributed by atoms with van der Waals surface area (Å²) in [6.07, 6.45) is 1.17. The topological polar surface area (TPSA) is 118 Å². The normalized spacial score (nSPS) is 10.4. The zero-order chi connectivity index (χ0) is 17.0. The van der Waals surface area contributed by atoms with Gasteiger partial charge in [0.15, 0.2) is 0 Å². The van der Waals surface area contributed by atoms with Crippen LogP contribution in [0.4, 0.5) is 20.3 Å². The lowest BCUT2D eigenvalue weighted by Gasteiger charge is -2.09. The highest BCUT2D eigenvalue weighted by Crippen LogP contribution is 2.35. The van der Waals surface area contributed by atoms with Gasteiger partial charge in [-0.2, -0.15) is 8.78 Å². The maximum Gasteiger partial charge on any atom is 0.406 e. The van der Waals surface area contributed by atoms with Crippen LogP contribution < -0.4 is 9.47 Å². The molecule has 9 nitrogen and oxygen atoms in total. The van der Waals surface area contributed by atoms with E-state index < -0.39 is 33.7 Å². The van der Waals surface area contributed by atoms with Crippen molar-refractivity contribution in [1.29, 1.82) is 0 Å². The molecule has 0 atom stereocenters. The number of benzene rings is 1. The van der Waals surface area contributed by atoms with Crippen molar-refractivity contribution < 1.29 is 28.1 Å². The number of nitro groups is 2. The largest absolute Gasteiger partial charge is 0.448 e. The third kappa shape index (κ3) is 3.84. The SMILES string of the molecule is O=[N+]([O-])c1ccc(Oc2cccnc2[N+](=O)[O-])cc1OC(F)F. The van der Waals surface area contributed by atoms with E-state index >= 15 is 0 Å². The van der Waals surface area contributed by atoms with Crippen molar-refractivity contribution in [2.45, 2.75) is 6.61 Å². The molecule has 0 amide bonds. The third-order valence-electron chi connectivity index (χ3n) is 2.50. The van der Waals surface area contributed by atoms with Crippen LogP contribution in [0, 0.1) is 20.2 Å². The molecule has 0 aliphatic carbocycles. The summed E-state index contributed by atoms with van der Waals surface area (Å²) in [7, 11) is 0. The number of hydrogen-bond donors (Lipinski definition) is 0. The highest BCUT2D eigenvalue weighted by molar-refractivity contribution is 5.52. The second kappa shape index (κ2) is 6.60. The van der Waals surface area contributed by atoms with Crippen LogP contribution >= 0.6 is 0 Å². The van der Waals surface area contributed by atoms with Gasteiger partial charge in [0, 0.05) is 12.1 Å². The first-order valence-corrected chi connectivity index (χ1v) is 5.89. The molecule has 0 saturated heterocycles. The molecule has 2 rings (SSSR count). The summed E-state index contributed by atoms with van der Waals surface area (Å²) in [5.74, 6) is -1.74. The van der Waals surface area contributed by atoms with E-state index in [4.69, 9.17) is 4.74 Å². The number of halogens is 2. The van der Waals surface area contributed by atoms with Crippen molar-refractivity contribution in [1.82, 2.24) is 4.98 Å². The lowest BCUT2D eigenvalue weighted by atomic mass is 10.3. The number of rotatable bonds is 6. The molecule has 0 spiro atoms. The van der Waals surface area contributed by atoms with Crippen LogP contribution in [0.1, 0.15) is 0 Å². The summed E-state index contributed by atoms with van der Waals surface area (Å²) in [4.78, 5) is 23.4. The summed E-state index contributed by atoms with van der Waals surface area (Å²) in [5, 5.41) is 21.6. The molecule has 0 bridgehead atoms. The molecule has 0 N–H and O–H groups in total. The second-order valence-corrected chi connectivity index (χ2v) is 3.95. The number of hydrogen-bond acceptors (Lipinski definition) is 7. The molecule has 2 aromatic rings. The number of alkyl halides is 2. The van der Waals surface area contributed by atoms with Crippen LogP contribution in [0.3, 0.4) is 0 Å². The fraction of sp³-hybridized carbons (Fsp3) is 0.0833. The van der Waals surface area contributed by atoms with Crippen LogP contribution in [-0.2, 0) is 0 Å². The number of nitrogens with zero attached hydrogens (tertiary/aromatic N) is 3. The number of ether oxygens (including phenoxy) is 2. The fourth-order valence-electron chi connectivity index (χ4n) is 1.63. The second-order valence-electron chi connectivity index (χ2n) is 3.95. The Kier molecular flexibility index (Phi) is 4.59. The standard InChI is InChI=1S/C12H7F2N3O6/c13-12(14)23-10-6-7(3-4-8(10)16(18)19)22-9-2-1-5-15-11(9)17(20)21/h1-6,12H. The van der Waals surface area contributed by atoms with Crippen molar-refractivity contribution in [2.24, 2.45) is 0 Å². The predicted octanol–water partition coefficient (Wildman–Crippen LogP) is 3.29. The van der Waals surface area contributed by atoms with Crippen molar-refractivity contribution in [3.8, 4) is 17.2 Å². The molecule has 0 unspecified atom stereocenters. The highest BCUT2D eigenvalue weighted by Gasteiger charge is 2.21. The van der Waals surface area contributed by atoms with Gasteiger partial charge in [-0.3, -0.25) is 10.1 Å². The van der Waals surface area contributed by atoms with Gasteiger partial charge in [-0.1, -0.05) is 0 Å². The summed E-state index contributed by atoms with van der Waals surface area (Å²) in [6.45, 7) is -3.28. The van der Waals surface area contributed by atoms with E-state index in [1.54, 1.807) is 0 Å². The Hall–Kier alpha value is -3.37. The fourth-order valence-corrected chi connectivity index (χ4v) is 1.63. The van der Waals surface area contributed by atoms with Gasteiger partial charge in [0.25, 0.3) is 0 Å². The summed E-state index contributed by atoms with van der Waals surface area (Å²) in [5.41, 5.74) is -0.696. The van der Waals surface area contributed by atoms with Gasteiger partial charge in [-0.15, -0.1) is 0 Å². The van der Waals surface area contributed by atoms with Crippen LogP contribution in [0.5, 0.6) is 17.2 Å². The van der Waals surface area contributed by atoms with Gasteiger partial charge in [0.2, 0.25) is 11.5 Å². The van der Waals surface area contributed by atoms with Crippen LogP contribution in [0.25, 0.3) is 0 Å². The Morgan fingerprint density at radius 2 is 1.83 bits per heavy atom. The lowest BCUT2D eigenvalue weighted by Crippen LogP contribution is -2.04. The Bertz CT molecular complexity index is 755. The third-order valence-corrected chi connectivity index (χ3v) is 2.50. The lowest BCUT2D eigenvalue weighted by molar-refractivity contribution is -0.390. The smallest absolute Gasteiger partial charge is 0.406 e. The maximum atomic E-state index is 12.3. The van der Waals surface area contributed by atoms with Crippen molar-refractivity contribution in [2.75, 3.05) is 0 Å². The van der Waals surface area contributed by atoms with Crippen LogP contribution in [0.15, 0.2) is 36.5 Å². The molecule has 0 aliphatic heterocycles. The van der Waals surface area contributed by atoms with E-state index in [0.29, 0.717) is 0 Å². The molecule has 23 heavy (non-hydrogen) atoms. The number of pyridine rings is 1. The minimum atomic E-state index is -3.28. The van der Waals surface area contributed by atoms with Crippen LogP contribution in [0.2, 0.25) is 0 Å². The Labute approximate surface area is 126 Å². The highest BCUT2D eigenvalue weighted by atomic mass is 19.3. The molecular formula is C12H7F2N3O6. The first-order chi connectivity index (χ1) is 10.9. The quantitative estimate of drug-likeness (QED) is 0.590. The van der Waals surface area contributed by atoms with E-state index in [1.165, 1.54) is 18.3 Å². The molecule has 1 aromatic carbocycles. The maximum absolute atomic E-state index is 12.3. The van der Waals surface area contributed by atoms with E-state index in [-0.39, 0.29) is 11.5 Å².